The molecule has 246 valence electrons. The highest BCUT2D eigenvalue weighted by Crippen LogP contribution is 2.08. The van der Waals surface area contributed by atoms with Crippen LogP contribution in [-0.4, -0.2) is 86.1 Å². The molecule has 0 aliphatic heterocycles. The molecule has 4 atom stereocenters. The molecule has 0 spiro atoms. The van der Waals surface area contributed by atoms with Gasteiger partial charge in [0.25, 0.3) is 0 Å². The Morgan fingerprint density at radius 2 is 1.26 bits per heavy atom. The van der Waals surface area contributed by atoms with Gasteiger partial charge in [-0.3, -0.25) is 29.0 Å². The minimum Gasteiger partial charge on any atom is -0.370 e. The van der Waals surface area contributed by atoms with Gasteiger partial charge in [0.1, 0.15) is 24.2 Å². The Labute approximate surface area is 265 Å². The molecule has 2 aromatic heterocycles. The normalized spacial score (nSPS) is 13.3. The SMILES string of the molecule is CC(=O)N[C@@H](Cc1cnc[nH]1)C(=O)N[C@@H](Cc1ccccc1)C(=O)N[C@@H](CCCN=C(N)N)C(=O)N[C@H](Cc1cnc[nH]1)C(N)=O. The zero-order chi connectivity index (χ0) is 33.5. The number of aromatic nitrogens is 4. The Kier molecular flexibility index (Phi) is 13.2. The van der Waals surface area contributed by atoms with E-state index in [1.165, 1.54) is 32.0 Å². The van der Waals surface area contributed by atoms with E-state index in [4.69, 9.17) is 17.2 Å². The van der Waals surface area contributed by atoms with Gasteiger partial charge in [-0.2, -0.15) is 0 Å². The highest BCUT2D eigenvalue weighted by Gasteiger charge is 2.31. The van der Waals surface area contributed by atoms with E-state index in [1.54, 1.807) is 24.3 Å². The number of nitrogens with one attached hydrogen (secondary N) is 6. The molecule has 2 heterocycles. The van der Waals surface area contributed by atoms with Gasteiger partial charge in [-0.15, -0.1) is 0 Å². The number of amides is 5. The van der Waals surface area contributed by atoms with Gasteiger partial charge in [-0.25, -0.2) is 9.97 Å². The molecule has 0 saturated carbocycles. The second-order valence-corrected chi connectivity index (χ2v) is 10.5. The first-order valence-corrected chi connectivity index (χ1v) is 14.5. The number of carbonyl (C=O) groups excluding carboxylic acids is 5. The first kappa shape index (κ1) is 34.7. The summed E-state index contributed by atoms with van der Waals surface area (Å²) in [5.74, 6) is -3.34. The summed E-state index contributed by atoms with van der Waals surface area (Å²) in [6.07, 6.45) is 6.47. The maximum absolute atomic E-state index is 13.8. The molecular weight excluding hydrogens is 596 g/mol. The number of nitrogens with zero attached hydrogens (tertiary/aromatic N) is 3. The standard InChI is InChI=1S/C29H40N12O5/c1-17(42)38-24(12-20-14-34-16-37-20)28(46)41-23(10-18-6-3-2-4-7-18)27(45)39-21(8-5-9-35-29(31)32)26(44)40-22(25(30)43)11-19-13-33-15-36-19/h2-4,6-7,13-16,21-24H,5,8-12H2,1H3,(H2,30,43)(H,33,36)(H,34,37)(H,38,42)(H,39,45)(H,40,44)(H,41,46)(H4,31,32,35)/t21-,22+,23-,24-/m0/s1. The smallest absolute Gasteiger partial charge is 0.243 e. The number of benzene rings is 1. The lowest BCUT2D eigenvalue weighted by atomic mass is 10.0. The van der Waals surface area contributed by atoms with Crippen LogP contribution in [0.4, 0.5) is 0 Å². The third-order valence-electron chi connectivity index (χ3n) is 6.81. The average Bonchev–Trinajstić information content (AvgIpc) is 3.72. The molecule has 3 aromatic rings. The highest BCUT2D eigenvalue weighted by atomic mass is 16.2. The molecule has 0 unspecified atom stereocenters. The Hall–Kier alpha value is -5.74. The van der Waals surface area contributed by atoms with Crippen LogP contribution in [0.15, 0.2) is 60.4 Å². The van der Waals surface area contributed by atoms with Crippen LogP contribution in [0.3, 0.4) is 0 Å². The van der Waals surface area contributed by atoms with E-state index in [1.807, 2.05) is 6.07 Å². The summed E-state index contributed by atoms with van der Waals surface area (Å²) in [5, 5.41) is 10.6. The molecule has 46 heavy (non-hydrogen) atoms. The Balaban J connectivity index is 1.83. The van der Waals surface area contributed by atoms with E-state index in [9.17, 15) is 24.0 Å². The average molecular weight is 637 g/mol. The number of carbonyl (C=O) groups is 5. The van der Waals surface area contributed by atoms with Gasteiger partial charge in [0.05, 0.1) is 12.7 Å². The van der Waals surface area contributed by atoms with Crippen molar-refractivity contribution in [3.05, 3.63) is 72.3 Å². The third-order valence-corrected chi connectivity index (χ3v) is 6.81. The Bertz CT molecular complexity index is 1460. The molecule has 5 amide bonds. The highest BCUT2D eigenvalue weighted by molar-refractivity contribution is 5.95. The number of imidazole rings is 2. The fraction of sp³-hybridized carbons (Fsp3) is 0.379. The number of aliphatic imine (C=N–C) groups is 1. The second kappa shape index (κ2) is 17.5. The van der Waals surface area contributed by atoms with Crippen LogP contribution >= 0.6 is 0 Å². The van der Waals surface area contributed by atoms with Gasteiger partial charge in [0.15, 0.2) is 5.96 Å². The lowest BCUT2D eigenvalue weighted by Gasteiger charge is -2.26. The summed E-state index contributed by atoms with van der Waals surface area (Å²) in [6, 6.07) is 4.51. The van der Waals surface area contributed by atoms with Crippen molar-refractivity contribution in [1.82, 2.24) is 41.2 Å². The molecule has 0 fully saturated rings. The summed E-state index contributed by atoms with van der Waals surface area (Å²) in [4.78, 5) is 82.3. The quantitative estimate of drug-likeness (QED) is 0.0410. The molecule has 3 rings (SSSR count). The van der Waals surface area contributed by atoms with Crippen molar-refractivity contribution in [2.75, 3.05) is 6.54 Å². The monoisotopic (exact) mass is 636 g/mol. The van der Waals surface area contributed by atoms with Crippen molar-refractivity contribution in [1.29, 1.82) is 0 Å². The number of hydrogen-bond acceptors (Lipinski definition) is 8. The third kappa shape index (κ3) is 11.7. The van der Waals surface area contributed by atoms with Crippen LogP contribution in [0.5, 0.6) is 0 Å². The van der Waals surface area contributed by atoms with Gasteiger partial charge < -0.3 is 48.4 Å². The maximum Gasteiger partial charge on any atom is 0.243 e. The van der Waals surface area contributed by atoms with Gasteiger partial charge >= 0.3 is 0 Å². The molecule has 0 saturated heterocycles. The molecular formula is C29H40N12O5. The van der Waals surface area contributed by atoms with E-state index in [-0.39, 0.29) is 38.2 Å². The van der Waals surface area contributed by atoms with Crippen molar-refractivity contribution in [3.8, 4) is 0 Å². The first-order valence-electron chi connectivity index (χ1n) is 14.5. The van der Waals surface area contributed by atoms with Crippen molar-refractivity contribution in [2.24, 2.45) is 22.2 Å². The number of primary amides is 1. The first-order chi connectivity index (χ1) is 22.0. The fourth-order valence-corrected chi connectivity index (χ4v) is 4.56. The Morgan fingerprint density at radius 1 is 0.739 bits per heavy atom. The molecule has 0 radical (unpaired) electrons. The number of hydrogen-bond donors (Lipinski definition) is 9. The molecule has 0 bridgehead atoms. The largest absolute Gasteiger partial charge is 0.370 e. The number of H-pyrrole nitrogens is 2. The van der Waals surface area contributed by atoms with E-state index in [0.29, 0.717) is 17.8 Å². The topological polar surface area (TPSA) is 281 Å². The minimum absolute atomic E-state index is 0.0449. The predicted molar refractivity (Wildman–Crippen MR) is 167 cm³/mol. The zero-order valence-electron chi connectivity index (χ0n) is 25.4. The van der Waals surface area contributed by atoms with Crippen LogP contribution in [0, 0.1) is 0 Å². The van der Waals surface area contributed by atoms with Gasteiger partial charge in [-0.05, 0) is 18.4 Å². The lowest BCUT2D eigenvalue weighted by molar-refractivity contribution is -0.134. The number of aromatic amines is 2. The zero-order valence-corrected chi connectivity index (χ0v) is 25.4. The van der Waals surface area contributed by atoms with E-state index in [2.05, 4.69) is 46.2 Å². The predicted octanol–water partition coefficient (Wildman–Crippen LogP) is -2.34. The summed E-state index contributed by atoms with van der Waals surface area (Å²) >= 11 is 0. The van der Waals surface area contributed by atoms with Gasteiger partial charge in [0.2, 0.25) is 29.5 Å². The van der Waals surface area contributed by atoms with Crippen molar-refractivity contribution in [3.63, 3.8) is 0 Å². The van der Waals surface area contributed by atoms with E-state index < -0.39 is 53.7 Å². The molecule has 17 heteroatoms. The van der Waals surface area contributed by atoms with E-state index >= 15 is 0 Å². The van der Waals surface area contributed by atoms with E-state index in [0.717, 1.165) is 5.56 Å². The molecule has 17 nitrogen and oxygen atoms in total. The number of nitrogens with two attached hydrogens (primary N) is 3. The second-order valence-electron chi connectivity index (χ2n) is 10.5. The summed E-state index contributed by atoms with van der Waals surface area (Å²) < 4.78 is 0. The summed E-state index contributed by atoms with van der Waals surface area (Å²) in [5.41, 5.74) is 18.3. The van der Waals surface area contributed by atoms with Gasteiger partial charge in [0, 0.05) is 56.5 Å². The lowest BCUT2D eigenvalue weighted by Crippen LogP contribution is -2.59. The van der Waals surface area contributed by atoms with Crippen molar-refractivity contribution >= 4 is 35.5 Å². The van der Waals surface area contributed by atoms with Crippen LogP contribution in [0.1, 0.15) is 36.7 Å². The Morgan fingerprint density at radius 3 is 1.78 bits per heavy atom. The molecule has 12 N–H and O–H groups in total. The maximum atomic E-state index is 13.8. The van der Waals surface area contributed by atoms with Crippen LogP contribution < -0.4 is 38.5 Å². The van der Waals surface area contributed by atoms with Crippen LogP contribution in [-0.2, 0) is 43.2 Å². The van der Waals surface area contributed by atoms with Crippen molar-refractivity contribution < 1.29 is 24.0 Å². The molecule has 1 aromatic carbocycles. The van der Waals surface area contributed by atoms with Crippen LogP contribution in [0.25, 0.3) is 0 Å². The van der Waals surface area contributed by atoms with Gasteiger partial charge in [-0.1, -0.05) is 30.3 Å². The summed E-state index contributed by atoms with van der Waals surface area (Å²) in [6.45, 7) is 1.45. The number of rotatable bonds is 18. The molecule has 0 aliphatic carbocycles. The minimum atomic E-state index is -1.16. The summed E-state index contributed by atoms with van der Waals surface area (Å²) in [7, 11) is 0. The van der Waals surface area contributed by atoms with Crippen LogP contribution in [0.2, 0.25) is 0 Å². The van der Waals surface area contributed by atoms with Crippen molar-refractivity contribution in [2.45, 2.75) is 63.2 Å². The fourth-order valence-electron chi connectivity index (χ4n) is 4.56. The molecule has 0 aliphatic rings. The number of guanidine groups is 1.